The number of carbonyl (C=O) groups is 1. The highest BCUT2D eigenvalue weighted by molar-refractivity contribution is 9.10. The minimum Gasteiger partial charge on any atom is -0.348 e. The molecule has 0 fully saturated rings. The molecule has 0 aliphatic heterocycles. The Labute approximate surface area is 121 Å². The monoisotopic (exact) mass is 339 g/mol. The molecule has 8 heteroatoms. The maximum absolute atomic E-state index is 12.1. The van der Waals surface area contributed by atoms with Gasteiger partial charge >= 0.3 is 0 Å². The van der Waals surface area contributed by atoms with E-state index in [1.54, 1.807) is 29.9 Å². The molecule has 104 valence electrons. The predicted octanol–water partition coefficient (Wildman–Crippen LogP) is 1.74. The van der Waals surface area contributed by atoms with Crippen LogP contribution in [-0.2, 0) is 13.6 Å². The SMILES string of the molecule is Cn1cccc1C(=O)Cn1cc([N+](=O)[O-])cc(Br)c1=O. The molecule has 0 radical (unpaired) electrons. The highest BCUT2D eigenvalue weighted by Gasteiger charge is 2.16. The summed E-state index contributed by atoms with van der Waals surface area (Å²) in [6.45, 7) is -0.253. The van der Waals surface area contributed by atoms with Crippen LogP contribution in [0, 0.1) is 10.1 Å². The van der Waals surface area contributed by atoms with Crippen molar-refractivity contribution in [2.45, 2.75) is 6.54 Å². The zero-order valence-electron chi connectivity index (χ0n) is 10.4. The number of hydrogen-bond donors (Lipinski definition) is 0. The van der Waals surface area contributed by atoms with Crippen molar-refractivity contribution < 1.29 is 9.72 Å². The summed E-state index contributed by atoms with van der Waals surface area (Å²) in [5.74, 6) is -0.299. The number of nitrogens with zero attached hydrogens (tertiary/aromatic N) is 3. The minimum atomic E-state index is -0.617. The molecule has 0 aromatic carbocycles. The summed E-state index contributed by atoms with van der Waals surface area (Å²) in [5.41, 5.74) is -0.311. The van der Waals surface area contributed by atoms with Gasteiger partial charge in [0.05, 0.1) is 27.8 Å². The Morgan fingerprint density at radius 1 is 1.50 bits per heavy atom. The highest BCUT2D eigenvalue weighted by atomic mass is 79.9. The third-order valence-corrected chi connectivity index (χ3v) is 3.35. The van der Waals surface area contributed by atoms with Gasteiger partial charge in [-0.1, -0.05) is 0 Å². The third-order valence-electron chi connectivity index (χ3n) is 2.78. The molecule has 0 N–H and O–H groups in total. The molecular formula is C12H10BrN3O4. The Morgan fingerprint density at radius 2 is 2.20 bits per heavy atom. The molecule has 0 spiro atoms. The van der Waals surface area contributed by atoms with Crippen molar-refractivity contribution in [3.8, 4) is 0 Å². The summed E-state index contributed by atoms with van der Waals surface area (Å²) in [4.78, 5) is 34.1. The second kappa shape index (κ2) is 5.41. The van der Waals surface area contributed by atoms with Crippen LogP contribution in [-0.4, -0.2) is 19.8 Å². The van der Waals surface area contributed by atoms with Crippen molar-refractivity contribution in [3.63, 3.8) is 0 Å². The molecule has 0 aliphatic carbocycles. The lowest BCUT2D eigenvalue weighted by Crippen LogP contribution is -2.25. The number of aryl methyl sites for hydroxylation is 1. The molecule has 2 aromatic heterocycles. The van der Waals surface area contributed by atoms with E-state index in [0.29, 0.717) is 5.69 Å². The maximum Gasteiger partial charge on any atom is 0.286 e. The zero-order valence-corrected chi connectivity index (χ0v) is 12.0. The van der Waals surface area contributed by atoms with Crippen LogP contribution in [0.3, 0.4) is 0 Å². The van der Waals surface area contributed by atoms with Crippen molar-refractivity contribution in [2.24, 2.45) is 7.05 Å². The summed E-state index contributed by atoms with van der Waals surface area (Å²) in [7, 11) is 1.71. The van der Waals surface area contributed by atoms with Gasteiger partial charge in [-0.15, -0.1) is 0 Å². The van der Waals surface area contributed by atoms with Crippen LogP contribution in [0.4, 0.5) is 5.69 Å². The average molecular weight is 340 g/mol. The van der Waals surface area contributed by atoms with Crippen molar-refractivity contribution in [1.29, 1.82) is 0 Å². The van der Waals surface area contributed by atoms with Crippen molar-refractivity contribution >= 4 is 27.4 Å². The third kappa shape index (κ3) is 2.69. The van der Waals surface area contributed by atoms with Crippen LogP contribution in [0.5, 0.6) is 0 Å². The molecule has 0 bridgehead atoms. The van der Waals surface area contributed by atoms with Gasteiger partial charge in [0.1, 0.15) is 0 Å². The summed E-state index contributed by atoms with van der Waals surface area (Å²) in [5, 5.41) is 10.8. The standard InChI is InChI=1S/C12H10BrN3O4/c1-14-4-2-3-10(14)11(17)7-15-6-8(16(19)20)5-9(13)12(15)18/h2-6H,7H2,1H3. The molecule has 0 saturated heterocycles. The molecule has 2 aromatic rings. The van der Waals surface area contributed by atoms with Crippen LogP contribution < -0.4 is 5.56 Å². The Kier molecular flexibility index (Phi) is 3.84. The first-order valence-electron chi connectivity index (χ1n) is 5.59. The molecule has 0 amide bonds. The average Bonchev–Trinajstić information content (AvgIpc) is 2.80. The van der Waals surface area contributed by atoms with Gasteiger partial charge in [-0.05, 0) is 28.1 Å². The summed E-state index contributed by atoms with van der Waals surface area (Å²) in [6, 6.07) is 4.45. The molecular weight excluding hydrogens is 330 g/mol. The van der Waals surface area contributed by atoms with Crippen molar-refractivity contribution in [2.75, 3.05) is 0 Å². The van der Waals surface area contributed by atoms with Crippen molar-refractivity contribution in [3.05, 3.63) is 61.2 Å². The van der Waals surface area contributed by atoms with Gasteiger partial charge in [-0.25, -0.2) is 0 Å². The van der Waals surface area contributed by atoms with Crippen LogP contribution in [0.2, 0.25) is 0 Å². The normalized spacial score (nSPS) is 10.5. The van der Waals surface area contributed by atoms with Gasteiger partial charge in [-0.3, -0.25) is 24.3 Å². The van der Waals surface area contributed by atoms with Gasteiger partial charge in [-0.2, -0.15) is 0 Å². The smallest absolute Gasteiger partial charge is 0.286 e. The lowest BCUT2D eigenvalue weighted by Gasteiger charge is -2.06. The fourth-order valence-electron chi connectivity index (χ4n) is 1.79. The largest absolute Gasteiger partial charge is 0.348 e. The Bertz CT molecular complexity index is 747. The van der Waals surface area contributed by atoms with Crippen LogP contribution in [0.1, 0.15) is 10.5 Å². The topological polar surface area (TPSA) is 87.1 Å². The van der Waals surface area contributed by atoms with Gasteiger partial charge in [0.2, 0.25) is 0 Å². The fourth-order valence-corrected chi connectivity index (χ4v) is 2.25. The lowest BCUT2D eigenvalue weighted by molar-refractivity contribution is -0.385. The molecule has 2 heterocycles. The highest BCUT2D eigenvalue weighted by Crippen LogP contribution is 2.14. The minimum absolute atomic E-state index is 0.0476. The number of carbonyl (C=O) groups excluding carboxylic acids is 1. The molecule has 0 unspecified atom stereocenters. The Hall–Kier alpha value is -2.22. The molecule has 0 saturated carbocycles. The van der Waals surface area contributed by atoms with E-state index in [4.69, 9.17) is 0 Å². The van der Waals surface area contributed by atoms with Gasteiger partial charge in [0.25, 0.3) is 11.2 Å². The molecule has 20 heavy (non-hydrogen) atoms. The maximum atomic E-state index is 12.1. The summed E-state index contributed by atoms with van der Waals surface area (Å²) in [6.07, 6.45) is 2.77. The molecule has 7 nitrogen and oxygen atoms in total. The van der Waals surface area contributed by atoms with E-state index in [0.717, 1.165) is 16.8 Å². The zero-order chi connectivity index (χ0) is 14.9. The number of rotatable bonds is 4. The number of Topliss-reactive ketones (excluding diaryl/α,β-unsaturated/α-hetero) is 1. The van der Waals surface area contributed by atoms with E-state index in [1.165, 1.54) is 0 Å². The van der Waals surface area contributed by atoms with Crippen LogP contribution in [0.25, 0.3) is 0 Å². The Balaban J connectivity index is 2.39. The first-order valence-corrected chi connectivity index (χ1v) is 6.38. The van der Waals surface area contributed by atoms with E-state index in [9.17, 15) is 19.7 Å². The predicted molar refractivity (Wildman–Crippen MR) is 74.8 cm³/mol. The van der Waals surface area contributed by atoms with Gasteiger partial charge < -0.3 is 4.57 Å². The van der Waals surface area contributed by atoms with Gasteiger partial charge in [0.15, 0.2) is 5.78 Å². The molecule has 2 rings (SSSR count). The lowest BCUT2D eigenvalue weighted by atomic mass is 10.2. The van der Waals surface area contributed by atoms with Crippen LogP contribution in [0.15, 0.2) is 39.9 Å². The van der Waals surface area contributed by atoms with E-state index < -0.39 is 10.5 Å². The number of nitro groups is 1. The van der Waals surface area contributed by atoms with E-state index in [-0.39, 0.29) is 22.5 Å². The number of halogens is 1. The first kappa shape index (κ1) is 14.2. The van der Waals surface area contributed by atoms with Crippen molar-refractivity contribution in [1.82, 2.24) is 9.13 Å². The number of pyridine rings is 1. The molecule has 0 aliphatic rings. The van der Waals surface area contributed by atoms with E-state index >= 15 is 0 Å². The molecule has 0 atom stereocenters. The summed E-state index contributed by atoms with van der Waals surface area (Å²) >= 11 is 2.96. The summed E-state index contributed by atoms with van der Waals surface area (Å²) < 4.78 is 2.70. The van der Waals surface area contributed by atoms with E-state index in [1.807, 2.05) is 0 Å². The number of hydrogen-bond acceptors (Lipinski definition) is 4. The second-order valence-electron chi connectivity index (χ2n) is 4.16. The quantitative estimate of drug-likeness (QED) is 0.482. The number of ketones is 1. The fraction of sp³-hybridized carbons (Fsp3) is 0.167. The Morgan fingerprint density at radius 3 is 2.75 bits per heavy atom. The second-order valence-corrected chi connectivity index (χ2v) is 5.02. The van der Waals surface area contributed by atoms with Crippen LogP contribution >= 0.6 is 15.9 Å². The van der Waals surface area contributed by atoms with Gasteiger partial charge in [0, 0.05) is 19.3 Å². The van der Waals surface area contributed by atoms with E-state index in [2.05, 4.69) is 15.9 Å². The number of aromatic nitrogens is 2. The first-order chi connectivity index (χ1) is 9.40.